The molecule has 2 rings (SSSR count). The molecule has 0 radical (unpaired) electrons. The van der Waals surface area contributed by atoms with Crippen molar-refractivity contribution in [2.24, 2.45) is 23.2 Å². The summed E-state index contributed by atoms with van der Waals surface area (Å²) in [4.78, 5) is 11.9. The van der Waals surface area contributed by atoms with Crippen LogP contribution in [0.1, 0.15) is 60.8 Å². The van der Waals surface area contributed by atoms with E-state index in [9.17, 15) is 4.79 Å². The van der Waals surface area contributed by atoms with Crippen molar-refractivity contribution >= 4 is 6.09 Å². The van der Waals surface area contributed by atoms with Crippen LogP contribution in [0.3, 0.4) is 0 Å². The number of unbranched alkanes of at least 4 members (excludes halogenated alkanes) is 1. The van der Waals surface area contributed by atoms with Gasteiger partial charge in [0.05, 0.1) is 12.7 Å². The fourth-order valence-corrected chi connectivity index (χ4v) is 4.53. The normalized spacial score (nSPS) is 35.5. The molecule has 4 nitrogen and oxygen atoms in total. The summed E-state index contributed by atoms with van der Waals surface area (Å²) in [5.41, 5.74) is 1.33. The molecule has 0 aromatic rings. The number of amides is 1. The molecule has 1 heterocycles. The van der Waals surface area contributed by atoms with Crippen molar-refractivity contribution in [1.82, 2.24) is 5.32 Å². The molecule has 5 atom stereocenters. The lowest BCUT2D eigenvalue weighted by Gasteiger charge is -2.55. The molecular weight excluding hydrogens is 302 g/mol. The Labute approximate surface area is 147 Å². The standard InChI is InChI=1S/C20H35NO3/c1-7-8-9-17-18-14(4)10-15(5)20(11-23-17,16(18)6)12-24-19(22)21-13(2)3/h10,13,15-18H,7-9,11-12H2,1-6H3,(H,21,22)/t15?,16-,17?,18?,20-/m1/s1. The van der Waals surface area contributed by atoms with Gasteiger partial charge in [0, 0.05) is 17.4 Å². The second-order valence-electron chi connectivity index (χ2n) is 8.11. The van der Waals surface area contributed by atoms with Gasteiger partial charge in [0.1, 0.15) is 6.61 Å². The third kappa shape index (κ3) is 3.79. The molecule has 1 saturated heterocycles. The molecule has 24 heavy (non-hydrogen) atoms. The third-order valence-electron chi connectivity index (χ3n) is 6.08. The molecule has 3 unspecified atom stereocenters. The Balaban J connectivity index is 2.13. The Morgan fingerprint density at radius 3 is 2.79 bits per heavy atom. The highest BCUT2D eigenvalue weighted by Crippen LogP contribution is 2.53. The maximum Gasteiger partial charge on any atom is 0.407 e. The third-order valence-corrected chi connectivity index (χ3v) is 6.08. The number of ether oxygens (including phenoxy) is 2. The quantitative estimate of drug-likeness (QED) is 0.724. The number of carbonyl (C=O) groups is 1. The van der Waals surface area contributed by atoms with Gasteiger partial charge in [0.25, 0.3) is 0 Å². The maximum absolute atomic E-state index is 11.9. The first-order valence-electron chi connectivity index (χ1n) is 9.55. The van der Waals surface area contributed by atoms with E-state index in [4.69, 9.17) is 9.47 Å². The molecule has 1 fully saturated rings. The maximum atomic E-state index is 11.9. The van der Waals surface area contributed by atoms with Crippen molar-refractivity contribution < 1.29 is 14.3 Å². The number of carbonyl (C=O) groups excluding carboxylic acids is 1. The fraction of sp³-hybridized carbons (Fsp3) is 0.850. The number of rotatable bonds is 6. The smallest absolute Gasteiger partial charge is 0.407 e. The Morgan fingerprint density at radius 1 is 1.46 bits per heavy atom. The average Bonchev–Trinajstić information content (AvgIpc) is 2.49. The van der Waals surface area contributed by atoms with Gasteiger partial charge in [-0.3, -0.25) is 0 Å². The summed E-state index contributed by atoms with van der Waals surface area (Å²) >= 11 is 0. The van der Waals surface area contributed by atoms with E-state index >= 15 is 0 Å². The molecule has 0 aromatic heterocycles. The lowest BCUT2D eigenvalue weighted by Crippen LogP contribution is -2.57. The van der Waals surface area contributed by atoms with E-state index in [1.54, 1.807) is 0 Å². The number of nitrogens with one attached hydrogen (secondary N) is 1. The first kappa shape index (κ1) is 19.3. The molecule has 4 heteroatoms. The first-order valence-corrected chi connectivity index (χ1v) is 9.55. The zero-order chi connectivity index (χ0) is 17.9. The predicted molar refractivity (Wildman–Crippen MR) is 96.9 cm³/mol. The molecular formula is C20H35NO3. The molecule has 0 spiro atoms. The van der Waals surface area contributed by atoms with Gasteiger partial charge in [-0.1, -0.05) is 45.3 Å². The Morgan fingerprint density at radius 2 is 2.17 bits per heavy atom. The van der Waals surface area contributed by atoms with E-state index in [1.165, 1.54) is 18.4 Å². The highest BCUT2D eigenvalue weighted by molar-refractivity contribution is 5.67. The van der Waals surface area contributed by atoms with Gasteiger partial charge in [0.15, 0.2) is 0 Å². The number of hydrogen-bond acceptors (Lipinski definition) is 3. The van der Waals surface area contributed by atoms with Crippen LogP contribution in [0, 0.1) is 23.2 Å². The molecule has 2 bridgehead atoms. The summed E-state index contributed by atoms with van der Waals surface area (Å²) in [7, 11) is 0. The van der Waals surface area contributed by atoms with E-state index in [0.717, 1.165) is 6.42 Å². The highest BCUT2D eigenvalue weighted by Gasteiger charge is 2.53. The van der Waals surface area contributed by atoms with Gasteiger partial charge < -0.3 is 14.8 Å². The van der Waals surface area contributed by atoms with Crippen molar-refractivity contribution in [3.8, 4) is 0 Å². The van der Waals surface area contributed by atoms with Gasteiger partial charge in [-0.15, -0.1) is 0 Å². The zero-order valence-electron chi connectivity index (χ0n) is 16.2. The number of hydrogen-bond donors (Lipinski definition) is 1. The van der Waals surface area contributed by atoms with Gasteiger partial charge in [-0.2, -0.15) is 0 Å². The fourth-order valence-electron chi connectivity index (χ4n) is 4.53. The van der Waals surface area contributed by atoms with Crippen LogP contribution in [-0.2, 0) is 9.47 Å². The SMILES string of the molecule is CCCCC1OC[C@@]2(COC(=O)NC(C)C)C(C)C=C(C)C1[C@H]2C. The largest absolute Gasteiger partial charge is 0.449 e. The van der Waals surface area contributed by atoms with Crippen molar-refractivity contribution in [1.29, 1.82) is 0 Å². The number of allylic oxidation sites excluding steroid dienone is 1. The Kier molecular flexibility index (Phi) is 6.35. The summed E-state index contributed by atoms with van der Waals surface area (Å²) in [6, 6.07) is 0.0899. The van der Waals surface area contributed by atoms with Crippen molar-refractivity contribution in [3.63, 3.8) is 0 Å². The van der Waals surface area contributed by atoms with Gasteiger partial charge in [0.2, 0.25) is 0 Å². The molecule has 138 valence electrons. The Bertz CT molecular complexity index is 474. The van der Waals surface area contributed by atoms with Crippen LogP contribution in [-0.4, -0.2) is 31.5 Å². The first-order chi connectivity index (χ1) is 11.3. The van der Waals surface area contributed by atoms with Gasteiger partial charge >= 0.3 is 6.09 Å². The van der Waals surface area contributed by atoms with Gasteiger partial charge in [-0.05, 0) is 39.0 Å². The molecule has 1 aliphatic heterocycles. The predicted octanol–water partition coefficient (Wildman–Crippen LogP) is 4.54. The van der Waals surface area contributed by atoms with E-state index < -0.39 is 0 Å². The number of alkyl carbamates (subject to hydrolysis) is 1. The Hall–Kier alpha value is -1.03. The topological polar surface area (TPSA) is 47.6 Å². The van der Waals surface area contributed by atoms with Crippen LogP contribution in [0.15, 0.2) is 11.6 Å². The minimum absolute atomic E-state index is 0.0899. The minimum Gasteiger partial charge on any atom is -0.449 e. The summed E-state index contributed by atoms with van der Waals surface area (Å²) in [6.45, 7) is 14.0. The second kappa shape index (κ2) is 7.90. The van der Waals surface area contributed by atoms with Crippen LogP contribution >= 0.6 is 0 Å². The van der Waals surface area contributed by atoms with Crippen molar-refractivity contribution in [2.45, 2.75) is 73.0 Å². The molecule has 1 N–H and O–H groups in total. The van der Waals surface area contributed by atoms with E-state index in [-0.39, 0.29) is 17.6 Å². The summed E-state index contributed by atoms with van der Waals surface area (Å²) < 4.78 is 11.9. The number of fused-ring (bicyclic) bond motifs is 2. The van der Waals surface area contributed by atoms with Crippen LogP contribution in [0.2, 0.25) is 0 Å². The van der Waals surface area contributed by atoms with Crippen LogP contribution in [0.25, 0.3) is 0 Å². The monoisotopic (exact) mass is 337 g/mol. The van der Waals surface area contributed by atoms with E-state index in [2.05, 4.69) is 39.1 Å². The second-order valence-corrected chi connectivity index (χ2v) is 8.11. The van der Waals surface area contributed by atoms with E-state index in [1.807, 2.05) is 13.8 Å². The van der Waals surface area contributed by atoms with Crippen molar-refractivity contribution in [3.05, 3.63) is 11.6 Å². The minimum atomic E-state index is -0.324. The van der Waals surface area contributed by atoms with Crippen LogP contribution in [0.5, 0.6) is 0 Å². The lowest BCUT2D eigenvalue weighted by atomic mass is 9.56. The van der Waals surface area contributed by atoms with E-state index in [0.29, 0.717) is 37.1 Å². The zero-order valence-corrected chi connectivity index (χ0v) is 16.2. The lowest BCUT2D eigenvalue weighted by molar-refractivity contribution is -0.165. The highest BCUT2D eigenvalue weighted by atomic mass is 16.6. The summed E-state index contributed by atoms with van der Waals surface area (Å²) in [5.74, 6) is 1.25. The molecule has 2 aliphatic rings. The average molecular weight is 338 g/mol. The van der Waals surface area contributed by atoms with Crippen LogP contribution < -0.4 is 5.32 Å². The molecule has 1 aliphatic carbocycles. The molecule has 0 saturated carbocycles. The summed E-state index contributed by atoms with van der Waals surface area (Å²) in [5, 5.41) is 2.81. The summed E-state index contributed by atoms with van der Waals surface area (Å²) in [6.07, 6.45) is 5.89. The van der Waals surface area contributed by atoms with Gasteiger partial charge in [-0.25, -0.2) is 4.79 Å². The van der Waals surface area contributed by atoms with Crippen molar-refractivity contribution in [2.75, 3.05) is 13.2 Å². The van der Waals surface area contributed by atoms with Crippen LogP contribution in [0.4, 0.5) is 4.79 Å². The molecule has 0 aromatic carbocycles. The molecule has 1 amide bonds.